The molecule has 0 saturated heterocycles. The quantitative estimate of drug-likeness (QED) is 0.765. The van der Waals surface area contributed by atoms with E-state index in [1.807, 2.05) is 24.3 Å². The van der Waals surface area contributed by atoms with Gasteiger partial charge in [0.1, 0.15) is 12.1 Å². The largest absolute Gasteiger partial charge is 0.484 e. The first kappa shape index (κ1) is 12.1. The van der Waals surface area contributed by atoms with Gasteiger partial charge in [0, 0.05) is 11.6 Å². The maximum absolute atomic E-state index is 11.8. The van der Waals surface area contributed by atoms with E-state index in [0.717, 1.165) is 15.6 Å². The van der Waals surface area contributed by atoms with E-state index in [4.69, 9.17) is 10.5 Å². The molecule has 20 heavy (non-hydrogen) atoms. The fraction of sp³-hybridized carbons (Fsp3) is 0.0769. The molecule has 2 N–H and O–H groups in total. The fourth-order valence-corrected chi connectivity index (χ4v) is 1.75. The highest BCUT2D eigenvalue weighted by Crippen LogP contribution is 2.18. The van der Waals surface area contributed by atoms with Gasteiger partial charge in [0.15, 0.2) is 6.61 Å². The SMILES string of the molecule is Nc1ncn(C(=O)COc2ccc3ncccc3c2)n1. The van der Waals surface area contributed by atoms with E-state index in [9.17, 15) is 4.79 Å². The van der Waals surface area contributed by atoms with Crippen LogP contribution in [0, 0.1) is 0 Å². The van der Waals surface area contributed by atoms with Gasteiger partial charge in [0.05, 0.1) is 5.52 Å². The van der Waals surface area contributed by atoms with Crippen LogP contribution in [0.3, 0.4) is 0 Å². The first-order valence-electron chi connectivity index (χ1n) is 5.90. The molecule has 0 atom stereocenters. The Kier molecular flexibility index (Phi) is 3.00. The van der Waals surface area contributed by atoms with E-state index in [1.54, 1.807) is 12.3 Å². The maximum atomic E-state index is 11.8. The van der Waals surface area contributed by atoms with Gasteiger partial charge in [-0.3, -0.25) is 9.78 Å². The summed E-state index contributed by atoms with van der Waals surface area (Å²) in [7, 11) is 0. The van der Waals surface area contributed by atoms with Crippen LogP contribution < -0.4 is 10.5 Å². The van der Waals surface area contributed by atoms with Crippen molar-refractivity contribution in [2.45, 2.75) is 0 Å². The van der Waals surface area contributed by atoms with Gasteiger partial charge in [-0.05, 0) is 24.3 Å². The van der Waals surface area contributed by atoms with Crippen molar-refractivity contribution >= 4 is 22.8 Å². The lowest BCUT2D eigenvalue weighted by Crippen LogP contribution is -2.19. The van der Waals surface area contributed by atoms with Gasteiger partial charge < -0.3 is 10.5 Å². The van der Waals surface area contributed by atoms with E-state index >= 15 is 0 Å². The Balaban J connectivity index is 1.72. The number of fused-ring (bicyclic) bond motifs is 1. The zero-order valence-electron chi connectivity index (χ0n) is 10.4. The van der Waals surface area contributed by atoms with Gasteiger partial charge in [-0.15, -0.1) is 5.10 Å². The third kappa shape index (κ3) is 2.41. The first-order valence-corrected chi connectivity index (χ1v) is 5.90. The number of rotatable bonds is 3. The molecule has 7 nitrogen and oxygen atoms in total. The number of carbonyl (C=O) groups is 1. The predicted molar refractivity (Wildman–Crippen MR) is 72.3 cm³/mol. The summed E-state index contributed by atoms with van der Waals surface area (Å²) in [5.74, 6) is 0.294. The summed E-state index contributed by atoms with van der Waals surface area (Å²) in [6.07, 6.45) is 2.98. The van der Waals surface area contributed by atoms with E-state index < -0.39 is 0 Å². The normalized spacial score (nSPS) is 10.6. The molecule has 3 rings (SSSR count). The zero-order valence-corrected chi connectivity index (χ0v) is 10.4. The van der Waals surface area contributed by atoms with Crippen LogP contribution in [0.25, 0.3) is 10.9 Å². The van der Waals surface area contributed by atoms with E-state index in [1.165, 1.54) is 6.33 Å². The molecule has 0 saturated carbocycles. The average molecular weight is 269 g/mol. The number of anilines is 1. The van der Waals surface area contributed by atoms with Crippen molar-refractivity contribution in [1.82, 2.24) is 19.7 Å². The summed E-state index contributed by atoms with van der Waals surface area (Å²) in [5.41, 5.74) is 6.21. The molecule has 0 aliphatic carbocycles. The number of hydrogen-bond donors (Lipinski definition) is 1. The van der Waals surface area contributed by atoms with Crippen LogP contribution in [-0.4, -0.2) is 32.3 Å². The second kappa shape index (κ2) is 4.96. The number of benzene rings is 1. The molecule has 100 valence electrons. The third-order valence-electron chi connectivity index (χ3n) is 2.70. The molecular formula is C13H11N5O2. The molecule has 0 spiro atoms. The van der Waals surface area contributed by atoms with E-state index in [-0.39, 0.29) is 18.5 Å². The Hall–Kier alpha value is -2.96. The lowest BCUT2D eigenvalue weighted by Gasteiger charge is -2.06. The predicted octanol–water partition coefficient (Wildman–Crippen LogP) is 1.13. The molecule has 0 aliphatic rings. The Morgan fingerprint density at radius 2 is 2.20 bits per heavy atom. The summed E-state index contributed by atoms with van der Waals surface area (Å²) < 4.78 is 6.49. The highest BCUT2D eigenvalue weighted by atomic mass is 16.5. The number of nitrogens with two attached hydrogens (primary N) is 1. The smallest absolute Gasteiger partial charge is 0.286 e. The zero-order chi connectivity index (χ0) is 13.9. The van der Waals surface area contributed by atoms with Crippen LogP contribution in [0.2, 0.25) is 0 Å². The molecule has 7 heteroatoms. The second-order valence-electron chi connectivity index (χ2n) is 4.09. The highest BCUT2D eigenvalue weighted by Gasteiger charge is 2.08. The average Bonchev–Trinajstić information content (AvgIpc) is 2.91. The fourth-order valence-electron chi connectivity index (χ4n) is 1.75. The molecule has 0 amide bonds. The van der Waals surface area contributed by atoms with E-state index in [0.29, 0.717) is 5.75 Å². The minimum Gasteiger partial charge on any atom is -0.484 e. The number of nitrogens with zero attached hydrogens (tertiary/aromatic N) is 4. The first-order chi connectivity index (χ1) is 9.72. The molecule has 0 radical (unpaired) electrons. The molecule has 3 aromatic rings. The number of pyridine rings is 1. The van der Waals surface area contributed by atoms with E-state index in [2.05, 4.69) is 15.1 Å². The highest BCUT2D eigenvalue weighted by molar-refractivity contribution is 5.81. The van der Waals surface area contributed by atoms with Crippen molar-refractivity contribution < 1.29 is 9.53 Å². The standard InChI is InChI=1S/C13H11N5O2/c14-13-16-8-18(17-13)12(19)7-20-10-3-4-11-9(6-10)2-1-5-15-11/h1-6,8H,7H2,(H2,14,17). The van der Waals surface area contributed by atoms with Crippen LogP contribution >= 0.6 is 0 Å². The minimum atomic E-state index is -0.347. The Morgan fingerprint density at radius 1 is 1.30 bits per heavy atom. The van der Waals surface area contributed by atoms with Gasteiger partial charge in [-0.25, -0.2) is 4.98 Å². The number of aromatic nitrogens is 4. The number of nitrogen functional groups attached to an aromatic ring is 1. The molecule has 2 heterocycles. The van der Waals surface area contributed by atoms with Crippen molar-refractivity contribution in [3.63, 3.8) is 0 Å². The van der Waals surface area contributed by atoms with Gasteiger partial charge in [0.25, 0.3) is 5.91 Å². The van der Waals surface area contributed by atoms with Crippen molar-refractivity contribution in [2.24, 2.45) is 0 Å². The molecule has 0 aliphatic heterocycles. The van der Waals surface area contributed by atoms with Crippen molar-refractivity contribution in [3.05, 3.63) is 42.9 Å². The Bertz CT molecular complexity index is 768. The lowest BCUT2D eigenvalue weighted by atomic mass is 10.2. The monoisotopic (exact) mass is 269 g/mol. The van der Waals surface area contributed by atoms with Crippen molar-refractivity contribution in [2.75, 3.05) is 12.3 Å². The summed E-state index contributed by atoms with van der Waals surface area (Å²) in [5, 5.41) is 4.66. The van der Waals surface area contributed by atoms with Crippen LogP contribution in [0.1, 0.15) is 4.79 Å². The van der Waals surface area contributed by atoms with Gasteiger partial charge in [-0.1, -0.05) is 6.07 Å². The molecule has 0 fully saturated rings. The van der Waals surface area contributed by atoms with Crippen LogP contribution in [0.5, 0.6) is 5.75 Å². The number of carbonyl (C=O) groups excluding carboxylic acids is 1. The Morgan fingerprint density at radius 3 is 3.00 bits per heavy atom. The molecule has 0 unspecified atom stereocenters. The molecule has 1 aromatic carbocycles. The lowest BCUT2D eigenvalue weighted by molar-refractivity contribution is 0.0821. The molecule has 0 bridgehead atoms. The number of ether oxygens (including phenoxy) is 1. The summed E-state index contributed by atoms with van der Waals surface area (Å²) >= 11 is 0. The van der Waals surface area contributed by atoms with Gasteiger partial charge in [0.2, 0.25) is 5.95 Å². The van der Waals surface area contributed by atoms with Crippen molar-refractivity contribution in [3.8, 4) is 5.75 Å². The summed E-state index contributed by atoms with van der Waals surface area (Å²) in [4.78, 5) is 19.7. The minimum absolute atomic E-state index is 0.0510. The van der Waals surface area contributed by atoms with Crippen LogP contribution in [0.4, 0.5) is 5.95 Å². The summed E-state index contributed by atoms with van der Waals surface area (Å²) in [6, 6.07) is 9.19. The van der Waals surface area contributed by atoms with Gasteiger partial charge in [-0.2, -0.15) is 4.68 Å². The topological polar surface area (TPSA) is 95.9 Å². The van der Waals surface area contributed by atoms with Gasteiger partial charge >= 0.3 is 0 Å². The molecule has 2 aromatic heterocycles. The van der Waals surface area contributed by atoms with Crippen LogP contribution in [0.15, 0.2) is 42.9 Å². The molecular weight excluding hydrogens is 258 g/mol. The van der Waals surface area contributed by atoms with Crippen LogP contribution in [-0.2, 0) is 0 Å². The summed E-state index contributed by atoms with van der Waals surface area (Å²) in [6.45, 7) is -0.144. The Labute approximate surface area is 114 Å². The van der Waals surface area contributed by atoms with Crippen molar-refractivity contribution in [1.29, 1.82) is 0 Å². The maximum Gasteiger partial charge on any atom is 0.286 e. The second-order valence-corrected chi connectivity index (χ2v) is 4.09. The third-order valence-corrected chi connectivity index (χ3v) is 2.70. The number of hydrogen-bond acceptors (Lipinski definition) is 6.